The van der Waals surface area contributed by atoms with Crippen molar-refractivity contribution in [1.82, 2.24) is 44.9 Å². The third-order valence-electron chi connectivity index (χ3n) is 17.8. The Balaban J connectivity index is 0.000000181. The van der Waals surface area contributed by atoms with Gasteiger partial charge in [-0.3, -0.25) is 4.79 Å². The van der Waals surface area contributed by atoms with Crippen molar-refractivity contribution in [3.63, 3.8) is 0 Å². The lowest BCUT2D eigenvalue weighted by Crippen LogP contribution is -2.12. The molecule has 0 saturated carbocycles. The highest BCUT2D eigenvalue weighted by Crippen LogP contribution is 2.38. The Labute approximate surface area is 659 Å². The summed E-state index contributed by atoms with van der Waals surface area (Å²) in [6.45, 7) is 24.9. The van der Waals surface area contributed by atoms with Gasteiger partial charge in [-0.05, 0) is 114 Å². The summed E-state index contributed by atoms with van der Waals surface area (Å²) in [5, 5.41) is 32.4. The zero-order valence-electron chi connectivity index (χ0n) is 64.9. The Hall–Kier alpha value is -13.4. The summed E-state index contributed by atoms with van der Waals surface area (Å²) in [4.78, 5) is 76.9. The highest BCUT2D eigenvalue weighted by molar-refractivity contribution is 5.95. The summed E-state index contributed by atoms with van der Waals surface area (Å²) in [7, 11) is 0. The van der Waals surface area contributed by atoms with Crippen LogP contribution in [-0.4, -0.2) is 111 Å². The largest absolute Gasteiger partial charge is 0.507 e. The van der Waals surface area contributed by atoms with E-state index in [1.54, 1.807) is 57.2 Å². The fourth-order valence-corrected chi connectivity index (χ4v) is 11.7. The number of hydrogen-bond acceptors (Lipinski definition) is 20. The van der Waals surface area contributed by atoms with Gasteiger partial charge in [0.2, 0.25) is 0 Å². The molecule has 12 rings (SSSR count). The van der Waals surface area contributed by atoms with Crippen LogP contribution in [0.1, 0.15) is 101 Å². The van der Waals surface area contributed by atoms with E-state index in [-0.39, 0.29) is 48.8 Å². The quantitative estimate of drug-likeness (QED) is 0.0201. The maximum absolute atomic E-state index is 11.8. The molecule has 0 bridgehead atoms. The first-order valence-electron chi connectivity index (χ1n) is 37.5. The van der Waals surface area contributed by atoms with Crippen LogP contribution in [0.25, 0.3) is 102 Å². The van der Waals surface area contributed by atoms with E-state index in [9.17, 15) is 29.7 Å². The molecule has 0 aliphatic heterocycles. The van der Waals surface area contributed by atoms with Gasteiger partial charge in [-0.25, -0.2) is 54.4 Å². The van der Waals surface area contributed by atoms with E-state index in [0.717, 1.165) is 81.3 Å². The number of nitrogens with zero attached hydrogens (tertiary/aromatic N) is 9. The number of carbonyl (C=O) groups excluding carboxylic acids is 3. The average Bonchev–Trinajstić information content (AvgIpc) is 0.780. The predicted octanol–water partition coefficient (Wildman–Crippen LogP) is 20.0. The number of aromatic nitrogens is 9. The van der Waals surface area contributed by atoms with Crippen molar-refractivity contribution in [3.05, 3.63) is 271 Å². The lowest BCUT2D eigenvalue weighted by atomic mass is 10.0. The van der Waals surface area contributed by atoms with Gasteiger partial charge in [0.1, 0.15) is 47.7 Å². The predicted molar refractivity (Wildman–Crippen MR) is 442 cm³/mol. The van der Waals surface area contributed by atoms with Crippen LogP contribution in [0.15, 0.2) is 249 Å². The number of ketones is 1. The van der Waals surface area contributed by atoms with Crippen LogP contribution in [0.5, 0.6) is 34.5 Å². The molecular weight excluding hydrogens is 1420 g/mol. The molecule has 0 spiro atoms. The summed E-state index contributed by atoms with van der Waals surface area (Å²) >= 11 is 0. The van der Waals surface area contributed by atoms with Crippen LogP contribution in [0.3, 0.4) is 0 Å². The first-order valence-corrected chi connectivity index (χ1v) is 37.5. The number of aromatic hydroxyl groups is 3. The van der Waals surface area contributed by atoms with Gasteiger partial charge in [-0.2, -0.15) is 0 Å². The number of rotatable bonds is 32. The molecule has 20 heteroatoms. The Kier molecular flexibility index (Phi) is 29.7. The minimum atomic E-state index is -0.472. The second-order valence-electron chi connectivity index (χ2n) is 27.3. The van der Waals surface area contributed by atoms with Crippen LogP contribution >= 0.6 is 0 Å². The van der Waals surface area contributed by atoms with E-state index in [4.69, 9.17) is 53.6 Å². The van der Waals surface area contributed by atoms with Crippen molar-refractivity contribution in [3.8, 4) is 137 Å². The van der Waals surface area contributed by atoms with E-state index in [1.165, 1.54) is 44.2 Å². The summed E-state index contributed by atoms with van der Waals surface area (Å²) in [5.41, 5.74) is 12.2. The van der Waals surface area contributed by atoms with Crippen LogP contribution < -0.4 is 14.2 Å². The molecule has 113 heavy (non-hydrogen) atoms. The maximum atomic E-state index is 11.8. The Morgan fingerprint density at radius 2 is 0.584 bits per heavy atom. The summed E-state index contributed by atoms with van der Waals surface area (Å²) in [5.74, 6) is 4.65. The van der Waals surface area contributed by atoms with E-state index in [2.05, 4.69) is 46.8 Å². The van der Waals surface area contributed by atoms with E-state index in [1.807, 2.05) is 179 Å². The average molecular weight is 1510 g/mol. The molecule has 576 valence electrons. The highest BCUT2D eigenvalue weighted by Gasteiger charge is 2.21. The molecular formula is C93H93N9O11. The molecule has 9 aromatic carbocycles. The number of unbranched alkanes of at least 4 members (excludes halogenated alkanes) is 8. The van der Waals surface area contributed by atoms with Gasteiger partial charge in [0, 0.05) is 62.7 Å². The van der Waals surface area contributed by atoms with Gasteiger partial charge in [0.15, 0.2) is 64.8 Å². The second-order valence-corrected chi connectivity index (χ2v) is 27.3. The number of hydrogen-bond donors (Lipinski definition) is 3. The maximum Gasteiger partial charge on any atom is 0.333 e. The minimum Gasteiger partial charge on any atom is -0.507 e. The molecule has 3 heterocycles. The van der Waals surface area contributed by atoms with Crippen molar-refractivity contribution in [2.45, 2.75) is 106 Å². The molecule has 12 aromatic rings. The molecule has 3 N–H and O–H groups in total. The van der Waals surface area contributed by atoms with Gasteiger partial charge < -0.3 is 39.0 Å². The zero-order chi connectivity index (χ0) is 80.2. The third kappa shape index (κ3) is 24.1. The first kappa shape index (κ1) is 82.1. The SMILES string of the molecule is C=C(C)C(=O)COc1ccc(-c2nc(-c3ccc(C)cc3C)nc(-c3ccc(C)cc3C)n2)c(O)c1.C=C(C)C(=O)OCCCCCCCCCCCOc1ccc(-c2nc(-c3ccccc3)nc(-c3ccccc3)n2)c(O)c1.C=C(C)C(=O)OCCOc1ccc(-c2nc(-c3ccccc3)nc(-c3ccccc3)n2)c(O)c1. The smallest absolute Gasteiger partial charge is 0.333 e. The van der Waals surface area contributed by atoms with Crippen LogP contribution in [0.2, 0.25) is 0 Å². The van der Waals surface area contributed by atoms with Gasteiger partial charge >= 0.3 is 11.9 Å². The number of ether oxygens (including phenoxy) is 5. The number of Topliss-reactive ketones (excluding diaryl/α,β-unsaturated/α-hetero) is 1. The fourth-order valence-electron chi connectivity index (χ4n) is 11.7. The molecule has 0 atom stereocenters. The highest BCUT2D eigenvalue weighted by atomic mass is 16.6. The van der Waals surface area contributed by atoms with Crippen molar-refractivity contribution in [1.29, 1.82) is 0 Å². The molecule has 0 fully saturated rings. The summed E-state index contributed by atoms with van der Waals surface area (Å²) in [6, 6.07) is 65.9. The zero-order valence-corrected chi connectivity index (χ0v) is 64.9. The number of esters is 2. The third-order valence-corrected chi connectivity index (χ3v) is 17.8. The van der Waals surface area contributed by atoms with Crippen molar-refractivity contribution >= 4 is 17.7 Å². The topological polar surface area (TPSA) is 274 Å². The van der Waals surface area contributed by atoms with E-state index < -0.39 is 5.97 Å². The van der Waals surface area contributed by atoms with E-state index in [0.29, 0.717) is 116 Å². The summed E-state index contributed by atoms with van der Waals surface area (Å²) < 4.78 is 27.1. The van der Waals surface area contributed by atoms with Crippen LogP contribution in [0.4, 0.5) is 0 Å². The normalized spacial score (nSPS) is 10.7. The Morgan fingerprint density at radius 3 is 0.912 bits per heavy atom. The molecule has 0 unspecified atom stereocenters. The van der Waals surface area contributed by atoms with E-state index >= 15 is 0 Å². The second kappa shape index (κ2) is 40.9. The number of phenolic OH excluding ortho intramolecular Hbond substituents is 3. The monoisotopic (exact) mass is 1510 g/mol. The number of phenols is 3. The minimum absolute atomic E-state index is 0.0411. The lowest BCUT2D eigenvalue weighted by Gasteiger charge is -2.13. The molecule has 0 radical (unpaired) electrons. The Morgan fingerprint density at radius 1 is 0.301 bits per heavy atom. The van der Waals surface area contributed by atoms with Gasteiger partial charge in [0.25, 0.3) is 0 Å². The van der Waals surface area contributed by atoms with Crippen molar-refractivity contribution < 1.29 is 53.4 Å². The van der Waals surface area contributed by atoms with Crippen molar-refractivity contribution in [2.75, 3.05) is 33.0 Å². The molecule has 3 aromatic heterocycles. The van der Waals surface area contributed by atoms with Gasteiger partial charge in [0.05, 0.1) is 29.9 Å². The van der Waals surface area contributed by atoms with Gasteiger partial charge in [-0.1, -0.05) is 234 Å². The molecule has 0 aliphatic rings. The molecule has 0 amide bonds. The summed E-state index contributed by atoms with van der Waals surface area (Å²) in [6.07, 6.45) is 10.0. The van der Waals surface area contributed by atoms with Gasteiger partial charge in [-0.15, -0.1) is 0 Å². The fraction of sp³-hybridized carbons (Fsp3) is 0.226. The lowest BCUT2D eigenvalue weighted by molar-refractivity contribution is -0.140. The number of carbonyl (C=O) groups is 3. The molecule has 0 aliphatic carbocycles. The molecule has 20 nitrogen and oxygen atoms in total. The first-order chi connectivity index (χ1) is 54.6. The Bertz CT molecular complexity index is 5110. The molecule has 0 saturated heterocycles. The number of benzene rings is 9. The van der Waals surface area contributed by atoms with Crippen molar-refractivity contribution in [2.24, 2.45) is 0 Å². The number of aryl methyl sites for hydroxylation is 4. The van der Waals surface area contributed by atoms with Crippen LogP contribution in [0, 0.1) is 27.7 Å². The van der Waals surface area contributed by atoms with Crippen LogP contribution in [-0.2, 0) is 23.9 Å². The standard InChI is InChI=1S/C36H41N3O4.C30H29N3O3.C27H23N3O4/c1-27(2)36(41)43-25-17-9-7-5-3-4-6-8-16-24-42-30-22-23-31(32(40)26-30)35-38-33(28-18-12-10-13-19-28)37-34(39-35)29-20-14-11-15-21-29;1-17(2)27(35)16-36-22-9-12-25(26(34)15-22)30-32-28(23-10-7-18(3)13-20(23)5)31-29(33-30)24-11-8-19(4)14-21(24)6;1-18(2)27(32)34-16-15-33-21-13-14-22(23(31)17-21)26-29-24(19-9-5-3-6-10-19)28-25(30-26)20-11-7-4-8-12-20/h10-15,18-23,26,40H,1,3-9,16-17,24-25H2,2H3;7-15,34H,1,16H2,2-6H3;3-14,17,31H,1,15-16H2,2H3.